The Balaban J connectivity index is 2.22. The fourth-order valence-corrected chi connectivity index (χ4v) is 2.21. The fraction of sp³-hybridized carbons (Fsp3) is 0.571. The van der Waals surface area contributed by atoms with Gasteiger partial charge >= 0.3 is 0 Å². The number of ether oxygens (including phenoxy) is 2. The molecule has 1 aromatic rings. The predicted molar refractivity (Wildman–Crippen MR) is 68.4 cm³/mol. The molecule has 2 atom stereocenters. The highest BCUT2D eigenvalue weighted by molar-refractivity contribution is 5.35. The Morgan fingerprint density at radius 1 is 1.47 bits per heavy atom. The van der Waals surface area contributed by atoms with Crippen molar-refractivity contribution in [2.75, 3.05) is 20.2 Å². The second kappa shape index (κ2) is 5.07. The second-order valence-corrected chi connectivity index (χ2v) is 4.78. The number of morpholine rings is 1. The van der Waals surface area contributed by atoms with Crippen molar-refractivity contribution in [3.8, 4) is 5.75 Å². The molecule has 2 rings (SSSR count). The molecule has 1 fully saturated rings. The van der Waals surface area contributed by atoms with Crippen LogP contribution in [0.3, 0.4) is 0 Å². The lowest BCUT2D eigenvalue weighted by atomic mass is 9.98. The quantitative estimate of drug-likeness (QED) is 0.873. The zero-order chi connectivity index (χ0) is 12.3. The third-order valence-corrected chi connectivity index (χ3v) is 3.49. The lowest BCUT2D eigenvalue weighted by molar-refractivity contribution is -0.109. The van der Waals surface area contributed by atoms with Gasteiger partial charge in [0.1, 0.15) is 5.75 Å². The number of nitrogens with one attached hydrogen (secondary N) is 1. The predicted octanol–water partition coefficient (Wildman–Crippen LogP) is 2.52. The van der Waals surface area contributed by atoms with Gasteiger partial charge in [-0.05, 0) is 19.4 Å². The minimum Gasteiger partial charge on any atom is -0.496 e. The van der Waals surface area contributed by atoms with Gasteiger partial charge in [-0.3, -0.25) is 0 Å². The highest BCUT2D eigenvalue weighted by Gasteiger charge is 2.32. The molecule has 94 valence electrons. The normalized spacial score (nSPS) is 29.0. The van der Waals surface area contributed by atoms with Crippen LogP contribution in [-0.2, 0) is 4.74 Å². The van der Waals surface area contributed by atoms with Gasteiger partial charge in [-0.2, -0.15) is 0 Å². The first-order valence-electron chi connectivity index (χ1n) is 6.20. The van der Waals surface area contributed by atoms with Gasteiger partial charge in [0, 0.05) is 18.7 Å². The molecular formula is C14H21NO2. The van der Waals surface area contributed by atoms with Crippen molar-refractivity contribution < 1.29 is 9.47 Å². The third-order valence-electron chi connectivity index (χ3n) is 3.49. The van der Waals surface area contributed by atoms with Crippen LogP contribution in [0.15, 0.2) is 24.3 Å². The molecule has 1 heterocycles. The van der Waals surface area contributed by atoms with Gasteiger partial charge in [-0.25, -0.2) is 0 Å². The molecule has 3 nitrogen and oxygen atoms in total. The van der Waals surface area contributed by atoms with Crippen molar-refractivity contribution in [3.05, 3.63) is 29.8 Å². The number of para-hydroxylation sites is 1. The van der Waals surface area contributed by atoms with Crippen LogP contribution in [0, 0.1) is 0 Å². The first-order chi connectivity index (χ1) is 8.18. The van der Waals surface area contributed by atoms with Crippen LogP contribution in [0.4, 0.5) is 0 Å². The van der Waals surface area contributed by atoms with Crippen LogP contribution < -0.4 is 10.1 Å². The average molecular weight is 235 g/mol. The van der Waals surface area contributed by atoms with E-state index >= 15 is 0 Å². The van der Waals surface area contributed by atoms with Gasteiger partial charge in [-0.1, -0.05) is 25.1 Å². The SMILES string of the molecule is CCC1(C)CNCC(c2ccccc2OC)O1. The summed E-state index contributed by atoms with van der Waals surface area (Å²) < 4.78 is 11.6. The van der Waals surface area contributed by atoms with E-state index in [1.165, 1.54) is 0 Å². The fourth-order valence-electron chi connectivity index (χ4n) is 2.21. The molecule has 0 saturated carbocycles. The van der Waals surface area contributed by atoms with Crippen molar-refractivity contribution in [1.29, 1.82) is 0 Å². The van der Waals surface area contributed by atoms with Gasteiger partial charge in [0.15, 0.2) is 0 Å². The van der Waals surface area contributed by atoms with Crippen LogP contribution in [-0.4, -0.2) is 25.8 Å². The Bertz CT molecular complexity index is 380. The van der Waals surface area contributed by atoms with E-state index in [2.05, 4.69) is 25.2 Å². The van der Waals surface area contributed by atoms with Gasteiger partial charge in [0.05, 0.1) is 18.8 Å². The second-order valence-electron chi connectivity index (χ2n) is 4.78. The van der Waals surface area contributed by atoms with E-state index in [1.807, 2.05) is 18.2 Å². The van der Waals surface area contributed by atoms with Crippen molar-refractivity contribution in [1.82, 2.24) is 5.32 Å². The van der Waals surface area contributed by atoms with Crippen LogP contribution in [0.5, 0.6) is 5.75 Å². The highest BCUT2D eigenvalue weighted by atomic mass is 16.5. The first-order valence-corrected chi connectivity index (χ1v) is 6.20. The molecule has 1 aliphatic heterocycles. The molecular weight excluding hydrogens is 214 g/mol. The van der Waals surface area contributed by atoms with E-state index in [-0.39, 0.29) is 11.7 Å². The molecule has 0 spiro atoms. The Kier molecular flexibility index (Phi) is 3.69. The lowest BCUT2D eigenvalue weighted by Gasteiger charge is -2.39. The summed E-state index contributed by atoms with van der Waals surface area (Å²) >= 11 is 0. The van der Waals surface area contributed by atoms with Crippen molar-refractivity contribution in [2.45, 2.75) is 32.0 Å². The number of benzene rings is 1. The first kappa shape index (κ1) is 12.4. The molecule has 0 aliphatic carbocycles. The van der Waals surface area contributed by atoms with E-state index in [9.17, 15) is 0 Å². The molecule has 0 amide bonds. The van der Waals surface area contributed by atoms with E-state index in [4.69, 9.17) is 9.47 Å². The molecule has 0 aromatic heterocycles. The van der Waals surface area contributed by atoms with Gasteiger partial charge in [0.2, 0.25) is 0 Å². The summed E-state index contributed by atoms with van der Waals surface area (Å²) in [6.45, 7) is 6.07. The standard InChI is InChI=1S/C14H21NO2/c1-4-14(2)10-15-9-13(17-14)11-7-5-6-8-12(11)16-3/h5-8,13,15H,4,9-10H2,1-3H3. The highest BCUT2D eigenvalue weighted by Crippen LogP contribution is 2.33. The summed E-state index contributed by atoms with van der Waals surface area (Å²) in [6, 6.07) is 8.07. The van der Waals surface area contributed by atoms with Crippen molar-refractivity contribution in [3.63, 3.8) is 0 Å². The summed E-state index contributed by atoms with van der Waals surface area (Å²) in [7, 11) is 1.70. The molecule has 0 bridgehead atoms. The summed E-state index contributed by atoms with van der Waals surface area (Å²) in [5.41, 5.74) is 1.05. The number of hydrogen-bond donors (Lipinski definition) is 1. The number of methoxy groups -OCH3 is 1. The molecule has 3 heteroatoms. The molecule has 17 heavy (non-hydrogen) atoms. The third kappa shape index (κ3) is 2.61. The van der Waals surface area contributed by atoms with E-state index < -0.39 is 0 Å². The Morgan fingerprint density at radius 3 is 2.94 bits per heavy atom. The van der Waals surface area contributed by atoms with Crippen LogP contribution in [0.25, 0.3) is 0 Å². The summed E-state index contributed by atoms with van der Waals surface area (Å²) in [5, 5.41) is 3.45. The van der Waals surface area contributed by atoms with Crippen molar-refractivity contribution in [2.24, 2.45) is 0 Å². The topological polar surface area (TPSA) is 30.5 Å². The zero-order valence-corrected chi connectivity index (χ0v) is 10.8. The van der Waals surface area contributed by atoms with E-state index in [0.29, 0.717) is 0 Å². The van der Waals surface area contributed by atoms with E-state index in [1.54, 1.807) is 7.11 Å². The van der Waals surface area contributed by atoms with Crippen molar-refractivity contribution >= 4 is 0 Å². The number of hydrogen-bond acceptors (Lipinski definition) is 3. The molecule has 2 unspecified atom stereocenters. The average Bonchev–Trinajstić information content (AvgIpc) is 2.39. The largest absolute Gasteiger partial charge is 0.496 e. The monoisotopic (exact) mass is 235 g/mol. The molecule has 1 aliphatic rings. The maximum Gasteiger partial charge on any atom is 0.124 e. The van der Waals surface area contributed by atoms with E-state index in [0.717, 1.165) is 30.8 Å². The van der Waals surface area contributed by atoms with Crippen LogP contribution >= 0.6 is 0 Å². The van der Waals surface area contributed by atoms with Gasteiger partial charge < -0.3 is 14.8 Å². The summed E-state index contributed by atoms with van der Waals surface area (Å²) in [6.07, 6.45) is 1.08. The maximum atomic E-state index is 6.21. The molecule has 1 N–H and O–H groups in total. The Labute approximate surface area is 103 Å². The smallest absolute Gasteiger partial charge is 0.124 e. The summed E-state index contributed by atoms with van der Waals surface area (Å²) in [5.74, 6) is 0.902. The summed E-state index contributed by atoms with van der Waals surface area (Å²) in [4.78, 5) is 0. The minimum atomic E-state index is -0.0796. The Morgan fingerprint density at radius 2 is 2.24 bits per heavy atom. The minimum absolute atomic E-state index is 0.0739. The Hall–Kier alpha value is -1.06. The molecule has 1 aromatic carbocycles. The van der Waals surface area contributed by atoms with Crippen LogP contribution in [0.2, 0.25) is 0 Å². The van der Waals surface area contributed by atoms with Crippen LogP contribution in [0.1, 0.15) is 31.9 Å². The maximum absolute atomic E-state index is 6.21. The van der Waals surface area contributed by atoms with Gasteiger partial charge in [-0.15, -0.1) is 0 Å². The number of rotatable bonds is 3. The lowest BCUT2D eigenvalue weighted by Crippen LogP contribution is -2.48. The van der Waals surface area contributed by atoms with Gasteiger partial charge in [0.25, 0.3) is 0 Å². The molecule has 0 radical (unpaired) electrons. The zero-order valence-electron chi connectivity index (χ0n) is 10.8. The molecule has 1 saturated heterocycles.